The molecule has 0 aliphatic carbocycles. The summed E-state index contributed by atoms with van der Waals surface area (Å²) >= 11 is 0. The van der Waals surface area contributed by atoms with E-state index in [1.165, 1.54) is 36.1 Å². The Kier molecular flexibility index (Phi) is 11.8. The highest BCUT2D eigenvalue weighted by molar-refractivity contribution is 14.0. The van der Waals surface area contributed by atoms with Crippen molar-refractivity contribution in [3.8, 4) is 11.8 Å². The van der Waals surface area contributed by atoms with Gasteiger partial charge < -0.3 is 16.4 Å². The molecule has 1 heterocycles. The molecule has 0 fully saturated rings. The largest absolute Gasteiger partial charge is 0.382 e. The fourth-order valence-electron chi connectivity index (χ4n) is 3.00. The number of aromatic nitrogens is 2. The van der Waals surface area contributed by atoms with Gasteiger partial charge in [0.05, 0.1) is 11.4 Å². The molecule has 30 heavy (non-hydrogen) atoms. The van der Waals surface area contributed by atoms with Gasteiger partial charge in [0.1, 0.15) is 23.3 Å². The number of unbranched alkanes of at least 4 members (excludes halogenated alkanes) is 3. The third-order valence-electron chi connectivity index (χ3n) is 4.61. The maximum absolute atomic E-state index is 13.2. The molecular formula is C21H31FIN7. The van der Waals surface area contributed by atoms with Crippen LogP contribution in [-0.2, 0) is 6.42 Å². The van der Waals surface area contributed by atoms with Crippen molar-refractivity contribution < 1.29 is 4.39 Å². The van der Waals surface area contributed by atoms with Gasteiger partial charge in [-0.1, -0.05) is 26.2 Å². The number of aliphatic imine (C=N–C) groups is 1. The number of anilines is 1. The number of hydrogen-bond donors (Lipinski definition) is 3. The van der Waals surface area contributed by atoms with Gasteiger partial charge in [-0.3, -0.25) is 4.99 Å². The Balaban J connectivity index is 0.00000450. The van der Waals surface area contributed by atoms with E-state index in [4.69, 9.17) is 5.73 Å². The van der Waals surface area contributed by atoms with Crippen LogP contribution in [0.3, 0.4) is 0 Å². The Bertz CT molecular complexity index is 840. The zero-order valence-corrected chi connectivity index (χ0v) is 19.9. The Labute approximate surface area is 195 Å². The van der Waals surface area contributed by atoms with Crippen molar-refractivity contribution >= 4 is 35.8 Å². The van der Waals surface area contributed by atoms with E-state index in [1.54, 1.807) is 19.2 Å². The fraction of sp³-hybridized carbons (Fsp3) is 0.476. The Morgan fingerprint density at radius 2 is 1.83 bits per heavy atom. The molecule has 0 unspecified atom stereocenters. The summed E-state index contributed by atoms with van der Waals surface area (Å²) in [6.45, 7) is 3.79. The van der Waals surface area contributed by atoms with Crippen molar-refractivity contribution in [1.29, 1.82) is 5.26 Å². The van der Waals surface area contributed by atoms with Crippen LogP contribution >= 0.6 is 24.0 Å². The molecule has 0 radical (unpaired) electrons. The van der Waals surface area contributed by atoms with E-state index in [0.29, 0.717) is 29.9 Å². The van der Waals surface area contributed by atoms with Gasteiger partial charge in [-0.05, 0) is 43.5 Å². The van der Waals surface area contributed by atoms with Crippen molar-refractivity contribution in [3.63, 3.8) is 0 Å². The second-order valence-corrected chi connectivity index (χ2v) is 6.80. The lowest BCUT2D eigenvalue weighted by Gasteiger charge is -2.11. The lowest BCUT2D eigenvalue weighted by Crippen LogP contribution is -2.38. The summed E-state index contributed by atoms with van der Waals surface area (Å²) in [5.41, 5.74) is 7.72. The van der Waals surface area contributed by atoms with Crippen molar-refractivity contribution in [1.82, 2.24) is 20.4 Å². The molecule has 4 N–H and O–H groups in total. The molecule has 0 atom stereocenters. The highest BCUT2D eigenvalue weighted by Gasteiger charge is 2.16. The first-order valence-electron chi connectivity index (χ1n) is 10.1. The smallest absolute Gasteiger partial charge is 0.190 e. The van der Waals surface area contributed by atoms with Crippen LogP contribution < -0.4 is 16.4 Å². The normalized spacial score (nSPS) is 10.9. The predicted octanol–water partition coefficient (Wildman–Crippen LogP) is 3.76. The molecule has 2 rings (SSSR count). The van der Waals surface area contributed by atoms with Gasteiger partial charge in [-0.2, -0.15) is 10.4 Å². The molecular weight excluding hydrogens is 496 g/mol. The van der Waals surface area contributed by atoms with E-state index >= 15 is 0 Å². The second kappa shape index (κ2) is 13.8. The molecule has 0 saturated heterocycles. The van der Waals surface area contributed by atoms with Crippen LogP contribution in [0.4, 0.5) is 10.2 Å². The highest BCUT2D eigenvalue weighted by Crippen LogP contribution is 2.21. The zero-order chi connectivity index (χ0) is 21.1. The molecule has 0 spiro atoms. The molecule has 1 aromatic carbocycles. The predicted molar refractivity (Wildman–Crippen MR) is 130 cm³/mol. The van der Waals surface area contributed by atoms with Crippen molar-refractivity contribution in [3.05, 3.63) is 41.3 Å². The van der Waals surface area contributed by atoms with Gasteiger partial charge in [-0.15, -0.1) is 24.0 Å². The highest BCUT2D eigenvalue weighted by atomic mass is 127. The molecule has 1 aromatic heterocycles. The van der Waals surface area contributed by atoms with Crippen LogP contribution in [-0.4, -0.2) is 35.9 Å². The quantitative estimate of drug-likeness (QED) is 0.189. The molecule has 164 valence electrons. The average molecular weight is 527 g/mol. The molecule has 9 heteroatoms. The minimum absolute atomic E-state index is 0. The number of aryl methyl sites for hydroxylation is 1. The molecule has 0 aliphatic heterocycles. The number of rotatable bonds is 10. The number of nitrogens with zero attached hydrogens (tertiary/aromatic N) is 4. The van der Waals surface area contributed by atoms with E-state index in [0.717, 1.165) is 25.3 Å². The van der Waals surface area contributed by atoms with Gasteiger partial charge in [0.15, 0.2) is 5.96 Å². The van der Waals surface area contributed by atoms with E-state index in [2.05, 4.69) is 33.7 Å². The zero-order valence-electron chi connectivity index (χ0n) is 17.6. The van der Waals surface area contributed by atoms with Crippen LogP contribution in [0.15, 0.2) is 29.3 Å². The summed E-state index contributed by atoms with van der Waals surface area (Å²) in [5.74, 6) is 0.712. The molecule has 2 aromatic rings. The number of nitrogens with two attached hydrogens (primary N) is 1. The first-order valence-corrected chi connectivity index (χ1v) is 10.1. The van der Waals surface area contributed by atoms with E-state index in [9.17, 15) is 9.65 Å². The van der Waals surface area contributed by atoms with E-state index in [-0.39, 0.29) is 35.6 Å². The van der Waals surface area contributed by atoms with Gasteiger partial charge in [0, 0.05) is 20.1 Å². The lowest BCUT2D eigenvalue weighted by atomic mass is 10.1. The van der Waals surface area contributed by atoms with Crippen LogP contribution in [0.25, 0.3) is 5.69 Å². The third-order valence-corrected chi connectivity index (χ3v) is 4.61. The first kappa shape index (κ1) is 25.7. The van der Waals surface area contributed by atoms with Gasteiger partial charge in [-0.25, -0.2) is 9.07 Å². The Hall–Kier alpha value is -2.35. The Morgan fingerprint density at radius 1 is 1.17 bits per heavy atom. The summed E-state index contributed by atoms with van der Waals surface area (Å²) in [5, 5.41) is 20.5. The van der Waals surface area contributed by atoms with E-state index in [1.807, 2.05) is 0 Å². The van der Waals surface area contributed by atoms with Crippen LogP contribution in [0.5, 0.6) is 0 Å². The van der Waals surface area contributed by atoms with E-state index < -0.39 is 0 Å². The van der Waals surface area contributed by atoms with Crippen LogP contribution in [0.1, 0.15) is 50.3 Å². The molecule has 0 amide bonds. The SMILES string of the molecule is CCCCCCNC(=NC)NCCCc1nn(-c2ccc(F)cc2)c(N)c1C#N.I. The molecule has 7 nitrogen and oxygen atoms in total. The van der Waals surface area contributed by atoms with Gasteiger partial charge in [0.25, 0.3) is 0 Å². The fourth-order valence-corrected chi connectivity index (χ4v) is 3.00. The average Bonchev–Trinajstić information content (AvgIpc) is 3.05. The molecule has 0 aliphatic rings. The van der Waals surface area contributed by atoms with Crippen molar-refractivity contribution in [2.24, 2.45) is 4.99 Å². The summed E-state index contributed by atoms with van der Waals surface area (Å²) in [4.78, 5) is 4.22. The van der Waals surface area contributed by atoms with Crippen LogP contribution in [0, 0.1) is 17.1 Å². The Morgan fingerprint density at radius 3 is 2.43 bits per heavy atom. The maximum atomic E-state index is 13.2. The van der Waals surface area contributed by atoms with Crippen molar-refractivity contribution in [2.45, 2.75) is 45.4 Å². The summed E-state index contributed by atoms with van der Waals surface area (Å²) < 4.78 is 14.6. The first-order chi connectivity index (χ1) is 14.1. The summed E-state index contributed by atoms with van der Waals surface area (Å²) in [6, 6.07) is 7.98. The number of hydrogen-bond acceptors (Lipinski definition) is 4. The number of halogens is 2. The molecule has 0 bridgehead atoms. The lowest BCUT2D eigenvalue weighted by molar-refractivity contribution is 0.627. The topological polar surface area (TPSA) is 104 Å². The summed E-state index contributed by atoms with van der Waals surface area (Å²) in [7, 11) is 1.75. The standard InChI is InChI=1S/C21H30FN7.HI/c1-3-4-5-6-13-26-21(25-2)27-14-7-8-19-18(15-23)20(24)29(28-19)17-11-9-16(22)10-12-17;/h9-12H,3-8,13-14,24H2,1-2H3,(H2,25,26,27);1H. The minimum Gasteiger partial charge on any atom is -0.382 e. The van der Waals surface area contributed by atoms with Crippen molar-refractivity contribution in [2.75, 3.05) is 25.9 Å². The number of nitriles is 1. The number of benzene rings is 1. The monoisotopic (exact) mass is 527 g/mol. The summed E-state index contributed by atoms with van der Waals surface area (Å²) in [6.07, 6.45) is 6.18. The van der Waals surface area contributed by atoms with Gasteiger partial charge >= 0.3 is 0 Å². The second-order valence-electron chi connectivity index (χ2n) is 6.80. The van der Waals surface area contributed by atoms with Crippen LogP contribution in [0.2, 0.25) is 0 Å². The number of nitrogens with one attached hydrogen (secondary N) is 2. The number of guanidine groups is 1. The molecule has 0 saturated carbocycles. The van der Waals surface area contributed by atoms with Gasteiger partial charge in [0.2, 0.25) is 0 Å². The maximum Gasteiger partial charge on any atom is 0.190 e. The number of nitrogen functional groups attached to an aromatic ring is 1. The third kappa shape index (κ3) is 7.48. The minimum atomic E-state index is -0.335.